The molecule has 2 N–H and O–H groups in total. The number of aromatic nitrogens is 1. The lowest BCUT2D eigenvalue weighted by molar-refractivity contribution is 0.0697. The number of carboxylic acid groups (broad SMARTS) is 1. The Morgan fingerprint density at radius 1 is 1.22 bits per heavy atom. The van der Waals surface area contributed by atoms with Crippen LogP contribution in [0.4, 0.5) is 10.1 Å². The smallest absolute Gasteiger partial charge is 0.335 e. The normalized spacial score (nSPS) is 11.0. The molecular weight excluding hydrogens is 393 g/mol. The molecule has 0 atom stereocenters. The summed E-state index contributed by atoms with van der Waals surface area (Å²) in [4.78, 5) is 15.0. The molecule has 0 spiro atoms. The van der Waals surface area contributed by atoms with Crippen LogP contribution >= 0.6 is 11.3 Å². The van der Waals surface area contributed by atoms with Crippen molar-refractivity contribution in [1.82, 2.24) is 4.98 Å². The molecule has 0 saturated heterocycles. The Labute approximate surface area is 157 Å². The Kier molecular flexibility index (Phi) is 4.89. The lowest BCUT2D eigenvalue weighted by Crippen LogP contribution is -2.13. The number of rotatable bonds is 5. The van der Waals surface area contributed by atoms with Crippen molar-refractivity contribution in [3.8, 4) is 16.6 Å². The highest BCUT2D eigenvalue weighted by atomic mass is 32.2. The SMILES string of the molecule is N#Cc1cc(C(=O)O)ccc1NS(=O)(=O)c1cnc(-c2ccc(F)cc2)s1. The maximum atomic E-state index is 13.0. The highest BCUT2D eigenvalue weighted by Gasteiger charge is 2.21. The molecule has 7 nitrogen and oxygen atoms in total. The van der Waals surface area contributed by atoms with E-state index in [0.717, 1.165) is 23.6 Å². The lowest BCUT2D eigenvalue weighted by Gasteiger charge is -2.08. The van der Waals surface area contributed by atoms with Crippen LogP contribution in [0.25, 0.3) is 10.6 Å². The highest BCUT2D eigenvalue weighted by molar-refractivity contribution is 7.94. The third-order valence-corrected chi connectivity index (χ3v) is 6.34. The summed E-state index contributed by atoms with van der Waals surface area (Å²) in [6.07, 6.45) is 1.16. The number of halogens is 1. The fourth-order valence-corrected chi connectivity index (χ4v) is 4.38. The van der Waals surface area contributed by atoms with E-state index < -0.39 is 21.8 Å². The molecule has 0 radical (unpaired) electrons. The molecule has 0 aliphatic carbocycles. The van der Waals surface area contributed by atoms with E-state index in [4.69, 9.17) is 10.4 Å². The van der Waals surface area contributed by atoms with E-state index >= 15 is 0 Å². The predicted octanol–water partition coefficient (Wildman–Crippen LogP) is 3.32. The highest BCUT2D eigenvalue weighted by Crippen LogP contribution is 2.30. The molecule has 10 heteroatoms. The minimum absolute atomic E-state index is 0.0424. The van der Waals surface area contributed by atoms with Crippen molar-refractivity contribution >= 4 is 33.0 Å². The van der Waals surface area contributed by atoms with Crippen LogP contribution in [-0.2, 0) is 10.0 Å². The number of aromatic carboxylic acids is 1. The number of nitrogens with zero attached hydrogens (tertiary/aromatic N) is 2. The van der Waals surface area contributed by atoms with Crippen molar-refractivity contribution < 1.29 is 22.7 Å². The van der Waals surface area contributed by atoms with E-state index in [2.05, 4.69) is 9.71 Å². The van der Waals surface area contributed by atoms with Gasteiger partial charge in [-0.1, -0.05) is 0 Å². The van der Waals surface area contributed by atoms with Gasteiger partial charge in [0, 0.05) is 5.56 Å². The van der Waals surface area contributed by atoms with Crippen molar-refractivity contribution in [3.05, 3.63) is 65.6 Å². The standard InChI is InChI=1S/C17H10FN3O4S2/c18-13-4-1-10(2-5-13)16-20-9-15(26-16)27(24,25)21-14-6-3-11(17(22)23)7-12(14)8-19/h1-7,9,21H,(H,22,23). The van der Waals surface area contributed by atoms with Crippen LogP contribution < -0.4 is 4.72 Å². The van der Waals surface area contributed by atoms with Gasteiger partial charge in [-0.05, 0) is 42.5 Å². The molecule has 0 unspecified atom stereocenters. The third-order valence-electron chi connectivity index (χ3n) is 3.47. The topological polar surface area (TPSA) is 120 Å². The number of carboxylic acids is 1. The predicted molar refractivity (Wildman–Crippen MR) is 96.4 cm³/mol. The van der Waals surface area contributed by atoms with Crippen molar-refractivity contribution in [3.63, 3.8) is 0 Å². The van der Waals surface area contributed by atoms with Gasteiger partial charge in [-0.15, -0.1) is 11.3 Å². The van der Waals surface area contributed by atoms with E-state index in [1.807, 2.05) is 0 Å². The second kappa shape index (κ2) is 7.14. The molecule has 27 heavy (non-hydrogen) atoms. The first-order valence-corrected chi connectivity index (χ1v) is 9.62. The minimum atomic E-state index is -4.04. The zero-order chi connectivity index (χ0) is 19.6. The van der Waals surface area contributed by atoms with Crippen LogP contribution in [0, 0.1) is 17.1 Å². The molecular formula is C17H10FN3O4S2. The average Bonchev–Trinajstić information content (AvgIpc) is 3.13. The number of carbonyl (C=O) groups is 1. The van der Waals surface area contributed by atoms with Gasteiger partial charge in [0.1, 0.15) is 16.9 Å². The molecule has 0 amide bonds. The van der Waals surface area contributed by atoms with Gasteiger partial charge < -0.3 is 5.11 Å². The van der Waals surface area contributed by atoms with Crippen LogP contribution in [0.2, 0.25) is 0 Å². The summed E-state index contributed by atoms with van der Waals surface area (Å²) in [5.41, 5.74) is 0.262. The van der Waals surface area contributed by atoms with E-state index in [1.165, 1.54) is 36.4 Å². The molecule has 3 aromatic rings. The third kappa shape index (κ3) is 3.94. The van der Waals surface area contributed by atoms with Gasteiger partial charge in [-0.2, -0.15) is 5.26 Å². The van der Waals surface area contributed by atoms with Crippen LogP contribution in [0.15, 0.2) is 52.9 Å². The molecule has 2 aromatic carbocycles. The van der Waals surface area contributed by atoms with Crippen LogP contribution in [0.5, 0.6) is 0 Å². The zero-order valence-corrected chi connectivity index (χ0v) is 15.0. The summed E-state index contributed by atoms with van der Waals surface area (Å²) >= 11 is 0.878. The summed E-state index contributed by atoms with van der Waals surface area (Å²) in [5.74, 6) is -1.65. The Bertz CT molecular complexity index is 1170. The van der Waals surface area contributed by atoms with Gasteiger partial charge >= 0.3 is 5.97 Å². The Morgan fingerprint density at radius 3 is 2.56 bits per heavy atom. The molecule has 0 aliphatic heterocycles. The Hall–Kier alpha value is -3.29. The van der Waals surface area contributed by atoms with E-state index in [0.29, 0.717) is 10.6 Å². The number of hydrogen-bond acceptors (Lipinski definition) is 6. The summed E-state index contributed by atoms with van der Waals surface area (Å²) < 4.78 is 40.3. The monoisotopic (exact) mass is 403 g/mol. The molecule has 136 valence electrons. The molecule has 3 rings (SSSR count). The second-order valence-electron chi connectivity index (χ2n) is 5.27. The summed E-state index contributed by atoms with van der Waals surface area (Å²) in [5, 5.41) is 18.5. The van der Waals surface area contributed by atoms with Crippen molar-refractivity contribution in [2.45, 2.75) is 4.21 Å². The number of benzene rings is 2. The molecule has 1 heterocycles. The molecule has 0 saturated carbocycles. The molecule has 0 aliphatic rings. The van der Waals surface area contributed by atoms with Crippen LogP contribution in [0.1, 0.15) is 15.9 Å². The number of hydrogen-bond donors (Lipinski definition) is 2. The number of nitrogens with one attached hydrogen (secondary N) is 1. The van der Waals surface area contributed by atoms with Crippen molar-refractivity contribution in [1.29, 1.82) is 5.26 Å². The van der Waals surface area contributed by atoms with E-state index in [9.17, 15) is 17.6 Å². The average molecular weight is 403 g/mol. The van der Waals surface area contributed by atoms with Crippen LogP contribution in [-0.4, -0.2) is 24.5 Å². The maximum Gasteiger partial charge on any atom is 0.335 e. The van der Waals surface area contributed by atoms with Gasteiger partial charge in [0.2, 0.25) is 0 Å². The Morgan fingerprint density at radius 2 is 1.93 bits per heavy atom. The molecule has 0 fully saturated rings. The first kappa shape index (κ1) is 18.5. The fraction of sp³-hybridized carbons (Fsp3) is 0. The number of sulfonamides is 1. The second-order valence-corrected chi connectivity index (χ2v) is 8.21. The van der Waals surface area contributed by atoms with Gasteiger partial charge in [0.05, 0.1) is 23.0 Å². The molecule has 1 aromatic heterocycles. The first-order chi connectivity index (χ1) is 12.8. The minimum Gasteiger partial charge on any atom is -0.478 e. The van der Waals surface area contributed by atoms with Crippen molar-refractivity contribution in [2.75, 3.05) is 4.72 Å². The van der Waals surface area contributed by atoms with Gasteiger partial charge in [-0.3, -0.25) is 4.72 Å². The van der Waals surface area contributed by atoms with Gasteiger partial charge in [-0.25, -0.2) is 22.6 Å². The van der Waals surface area contributed by atoms with E-state index in [-0.39, 0.29) is 21.0 Å². The number of nitriles is 1. The largest absolute Gasteiger partial charge is 0.478 e. The quantitative estimate of drug-likeness (QED) is 0.674. The van der Waals surface area contributed by atoms with E-state index in [1.54, 1.807) is 6.07 Å². The summed E-state index contributed by atoms with van der Waals surface area (Å²) in [7, 11) is -4.04. The zero-order valence-electron chi connectivity index (χ0n) is 13.4. The first-order valence-electron chi connectivity index (χ1n) is 7.32. The maximum absolute atomic E-state index is 13.0. The number of anilines is 1. The fourth-order valence-electron chi connectivity index (χ4n) is 2.16. The Balaban J connectivity index is 1.91. The van der Waals surface area contributed by atoms with Crippen LogP contribution in [0.3, 0.4) is 0 Å². The van der Waals surface area contributed by atoms with Gasteiger partial charge in [0.15, 0.2) is 4.21 Å². The summed E-state index contributed by atoms with van der Waals surface area (Å²) in [6, 6.07) is 10.7. The molecule has 0 bridgehead atoms. The summed E-state index contributed by atoms with van der Waals surface area (Å²) in [6.45, 7) is 0. The lowest BCUT2D eigenvalue weighted by atomic mass is 10.1. The number of thiazole rings is 1. The van der Waals surface area contributed by atoms with Crippen molar-refractivity contribution in [2.24, 2.45) is 0 Å². The van der Waals surface area contributed by atoms with Gasteiger partial charge in [0.25, 0.3) is 10.0 Å².